The van der Waals surface area contributed by atoms with Crippen LogP contribution in [0.25, 0.3) is 0 Å². The Kier molecular flexibility index (Phi) is 4.83. The molecule has 0 aliphatic rings. The normalized spacial score (nSPS) is 12.6. The minimum Gasteiger partial charge on any atom is -0.224 e. The summed E-state index contributed by atoms with van der Waals surface area (Å²) < 4.78 is 24.7. The fraction of sp³-hybridized carbons (Fsp3) is 0.133. The van der Waals surface area contributed by atoms with Crippen molar-refractivity contribution in [2.75, 3.05) is 5.75 Å². The van der Waals surface area contributed by atoms with E-state index in [0.717, 1.165) is 17.3 Å². The number of sulfone groups is 1. The summed E-state index contributed by atoms with van der Waals surface area (Å²) in [7, 11) is -3.40. The van der Waals surface area contributed by atoms with Crippen LogP contribution in [-0.4, -0.2) is 14.2 Å². The average Bonchev–Trinajstić information content (AvgIpc) is 2.48. The van der Waals surface area contributed by atoms with Crippen LogP contribution in [-0.2, 0) is 9.84 Å². The maximum absolute atomic E-state index is 12.4. The van der Waals surface area contributed by atoms with Crippen LogP contribution >= 0.6 is 11.8 Å². The largest absolute Gasteiger partial charge is 0.224 e. The summed E-state index contributed by atoms with van der Waals surface area (Å²) in [6.45, 7) is 0. The first-order valence-electron chi connectivity index (χ1n) is 6.01. The smallest absolute Gasteiger partial charge is 0.179 e. The second kappa shape index (κ2) is 6.60. The maximum atomic E-state index is 12.4. The molecule has 0 radical (unpaired) electrons. The van der Waals surface area contributed by atoms with Crippen LogP contribution in [0.1, 0.15) is 10.8 Å². The molecule has 20 heavy (non-hydrogen) atoms. The molecule has 0 saturated carbocycles. The first kappa shape index (κ1) is 14.6. The first-order chi connectivity index (χ1) is 9.63. The second-order valence-corrected chi connectivity index (χ2v) is 7.22. The SMILES string of the molecule is N#CSC(CS(=O)(=O)c1ccccc1)c1ccccc1. The van der Waals surface area contributed by atoms with Gasteiger partial charge in [0, 0.05) is 0 Å². The second-order valence-electron chi connectivity index (χ2n) is 4.20. The lowest BCUT2D eigenvalue weighted by Gasteiger charge is -2.13. The van der Waals surface area contributed by atoms with Crippen molar-refractivity contribution in [3.05, 3.63) is 66.2 Å². The van der Waals surface area contributed by atoms with Gasteiger partial charge in [0.25, 0.3) is 0 Å². The van der Waals surface area contributed by atoms with Crippen molar-refractivity contribution in [3.63, 3.8) is 0 Å². The van der Waals surface area contributed by atoms with Gasteiger partial charge in [0.2, 0.25) is 0 Å². The summed E-state index contributed by atoms with van der Waals surface area (Å²) in [6, 6.07) is 17.6. The monoisotopic (exact) mass is 303 g/mol. The van der Waals surface area contributed by atoms with Gasteiger partial charge in [-0.1, -0.05) is 48.5 Å². The Morgan fingerprint density at radius 2 is 1.55 bits per heavy atom. The molecule has 3 nitrogen and oxygen atoms in total. The highest BCUT2D eigenvalue weighted by Crippen LogP contribution is 2.31. The molecule has 2 rings (SSSR count). The van der Waals surface area contributed by atoms with Crippen molar-refractivity contribution < 1.29 is 8.42 Å². The molecule has 0 fully saturated rings. The van der Waals surface area contributed by atoms with Gasteiger partial charge in [-0.25, -0.2) is 8.42 Å². The quantitative estimate of drug-likeness (QED) is 0.794. The van der Waals surface area contributed by atoms with Crippen LogP contribution in [0.15, 0.2) is 65.6 Å². The van der Waals surface area contributed by atoms with Crippen molar-refractivity contribution in [2.24, 2.45) is 0 Å². The molecule has 102 valence electrons. The Labute approximate surface area is 123 Å². The molecule has 0 amide bonds. The van der Waals surface area contributed by atoms with Gasteiger partial charge < -0.3 is 0 Å². The van der Waals surface area contributed by atoms with Crippen LogP contribution in [0.4, 0.5) is 0 Å². The van der Waals surface area contributed by atoms with Crippen LogP contribution < -0.4 is 0 Å². The van der Waals surface area contributed by atoms with Gasteiger partial charge in [0.15, 0.2) is 9.84 Å². The molecule has 2 aromatic carbocycles. The first-order valence-corrected chi connectivity index (χ1v) is 8.54. The van der Waals surface area contributed by atoms with Crippen molar-refractivity contribution in [1.29, 1.82) is 5.26 Å². The molecule has 1 atom stereocenters. The molecule has 5 heteroatoms. The maximum Gasteiger partial charge on any atom is 0.179 e. The highest BCUT2D eigenvalue weighted by atomic mass is 32.2. The van der Waals surface area contributed by atoms with Gasteiger partial charge in [-0.15, -0.1) is 0 Å². The van der Waals surface area contributed by atoms with Crippen LogP contribution in [0, 0.1) is 10.7 Å². The molecular formula is C15H13NO2S2. The third-order valence-electron chi connectivity index (χ3n) is 2.84. The average molecular weight is 303 g/mol. The summed E-state index contributed by atoms with van der Waals surface area (Å²) in [6.07, 6.45) is 0. The Morgan fingerprint density at radius 1 is 1.00 bits per heavy atom. The van der Waals surface area contributed by atoms with Crippen LogP contribution in [0.3, 0.4) is 0 Å². The van der Waals surface area contributed by atoms with E-state index >= 15 is 0 Å². The molecular weight excluding hydrogens is 290 g/mol. The highest BCUT2D eigenvalue weighted by Gasteiger charge is 2.23. The number of nitrogens with zero attached hydrogens (tertiary/aromatic N) is 1. The molecule has 1 unspecified atom stereocenters. The number of thiocyanates is 1. The van der Waals surface area contributed by atoms with E-state index in [2.05, 4.69) is 0 Å². The van der Waals surface area contributed by atoms with Gasteiger partial charge in [-0.3, -0.25) is 0 Å². The lowest BCUT2D eigenvalue weighted by molar-refractivity contribution is 0.595. The number of rotatable bonds is 5. The van der Waals surface area contributed by atoms with E-state index in [9.17, 15) is 8.42 Å². The molecule has 0 heterocycles. The zero-order chi connectivity index (χ0) is 14.4. The standard InChI is InChI=1S/C15H13NO2S2/c16-12-19-15(13-7-3-1-4-8-13)11-20(17,18)14-9-5-2-6-10-14/h1-10,15H,11H2. The predicted molar refractivity (Wildman–Crippen MR) is 80.9 cm³/mol. The molecule has 0 aliphatic heterocycles. The predicted octanol–water partition coefficient (Wildman–Crippen LogP) is 3.42. The number of thioether (sulfide) groups is 1. The Bertz CT molecular complexity index is 692. The van der Waals surface area contributed by atoms with E-state index in [4.69, 9.17) is 5.26 Å². The summed E-state index contributed by atoms with van der Waals surface area (Å²) in [4.78, 5) is 0.291. The minimum atomic E-state index is -3.40. The van der Waals surface area contributed by atoms with Crippen molar-refractivity contribution in [2.45, 2.75) is 10.1 Å². The highest BCUT2D eigenvalue weighted by molar-refractivity contribution is 8.04. The number of hydrogen-bond acceptors (Lipinski definition) is 4. The zero-order valence-corrected chi connectivity index (χ0v) is 12.3. The molecule has 0 aromatic heterocycles. The molecule has 0 aliphatic carbocycles. The van der Waals surface area contributed by atoms with E-state index < -0.39 is 9.84 Å². The van der Waals surface area contributed by atoms with Gasteiger partial charge in [-0.2, -0.15) is 5.26 Å². The third kappa shape index (κ3) is 3.62. The van der Waals surface area contributed by atoms with E-state index in [-0.39, 0.29) is 11.0 Å². The lowest BCUT2D eigenvalue weighted by atomic mass is 10.2. The van der Waals surface area contributed by atoms with Gasteiger partial charge in [-0.05, 0) is 29.5 Å². The Balaban J connectivity index is 2.28. The fourth-order valence-electron chi connectivity index (χ4n) is 1.85. The summed E-state index contributed by atoms with van der Waals surface area (Å²) in [5, 5.41) is 10.5. The van der Waals surface area contributed by atoms with Crippen molar-refractivity contribution in [3.8, 4) is 5.40 Å². The van der Waals surface area contributed by atoms with E-state index in [1.165, 1.54) is 0 Å². The van der Waals surface area contributed by atoms with Gasteiger partial charge in [0.05, 0.1) is 15.9 Å². The topological polar surface area (TPSA) is 57.9 Å². The molecule has 0 bridgehead atoms. The van der Waals surface area contributed by atoms with Gasteiger partial charge in [0.1, 0.15) is 5.40 Å². The Morgan fingerprint density at radius 3 is 2.10 bits per heavy atom. The van der Waals surface area contributed by atoms with E-state index in [0.29, 0.717) is 4.90 Å². The van der Waals surface area contributed by atoms with Gasteiger partial charge >= 0.3 is 0 Å². The van der Waals surface area contributed by atoms with E-state index in [1.54, 1.807) is 30.3 Å². The molecule has 0 N–H and O–H groups in total. The number of hydrogen-bond donors (Lipinski definition) is 0. The van der Waals surface area contributed by atoms with E-state index in [1.807, 2.05) is 35.7 Å². The molecule has 0 spiro atoms. The zero-order valence-electron chi connectivity index (χ0n) is 10.6. The number of benzene rings is 2. The van der Waals surface area contributed by atoms with Crippen molar-refractivity contribution in [1.82, 2.24) is 0 Å². The fourth-order valence-corrected chi connectivity index (χ4v) is 4.44. The summed E-state index contributed by atoms with van der Waals surface area (Å²) >= 11 is 0.977. The molecule has 0 saturated heterocycles. The van der Waals surface area contributed by atoms with Crippen LogP contribution in [0.5, 0.6) is 0 Å². The lowest BCUT2D eigenvalue weighted by Crippen LogP contribution is -2.12. The minimum absolute atomic E-state index is 0.0841. The van der Waals surface area contributed by atoms with Crippen LogP contribution in [0.2, 0.25) is 0 Å². The molecule has 2 aromatic rings. The third-order valence-corrected chi connectivity index (χ3v) is 5.64. The van der Waals surface area contributed by atoms with Crippen molar-refractivity contribution >= 4 is 21.6 Å². The Hall–Kier alpha value is -1.77. The summed E-state index contributed by atoms with van der Waals surface area (Å²) in [5.41, 5.74) is 0.846. The summed E-state index contributed by atoms with van der Waals surface area (Å²) in [5.74, 6) is -0.0841. The number of nitriles is 1.